The summed E-state index contributed by atoms with van der Waals surface area (Å²) in [6.45, 7) is 1.48. The minimum Gasteiger partial charge on any atom is -0.481 e. The normalized spacial score (nSPS) is 11.3. The number of hydrogen-bond acceptors (Lipinski definition) is 4. The SMILES string of the molecule is C[C@@H](Oc1ccc(F)cc1)C(=O)NNC(=O)c1ccccc1C(=O)c1ccccc1. The van der Waals surface area contributed by atoms with Gasteiger partial charge in [-0.1, -0.05) is 48.5 Å². The van der Waals surface area contributed by atoms with E-state index < -0.39 is 23.7 Å². The summed E-state index contributed by atoms with van der Waals surface area (Å²) in [5.41, 5.74) is 5.35. The van der Waals surface area contributed by atoms with Gasteiger partial charge in [-0.3, -0.25) is 25.2 Å². The van der Waals surface area contributed by atoms with E-state index >= 15 is 0 Å². The maximum Gasteiger partial charge on any atom is 0.279 e. The number of hydrazine groups is 1. The molecule has 0 aromatic heterocycles. The van der Waals surface area contributed by atoms with E-state index in [1.165, 1.54) is 37.3 Å². The lowest BCUT2D eigenvalue weighted by molar-refractivity contribution is -0.128. The fourth-order valence-corrected chi connectivity index (χ4v) is 2.68. The summed E-state index contributed by atoms with van der Waals surface area (Å²) < 4.78 is 18.3. The van der Waals surface area contributed by atoms with Crippen molar-refractivity contribution in [1.82, 2.24) is 10.9 Å². The summed E-state index contributed by atoms with van der Waals surface area (Å²) in [5.74, 6) is -1.67. The van der Waals surface area contributed by atoms with Gasteiger partial charge in [-0.05, 0) is 37.3 Å². The summed E-state index contributed by atoms with van der Waals surface area (Å²) >= 11 is 0. The third-order valence-electron chi connectivity index (χ3n) is 4.25. The molecule has 0 aliphatic heterocycles. The van der Waals surface area contributed by atoms with Crippen LogP contribution in [0.5, 0.6) is 5.75 Å². The van der Waals surface area contributed by atoms with Gasteiger partial charge in [0.05, 0.1) is 5.56 Å². The Morgan fingerprint density at radius 3 is 2.07 bits per heavy atom. The van der Waals surface area contributed by atoms with Crippen molar-refractivity contribution in [3.8, 4) is 5.75 Å². The molecular formula is C23H19FN2O4. The molecule has 0 saturated carbocycles. The number of benzene rings is 3. The second kappa shape index (κ2) is 9.47. The second-order valence-electron chi connectivity index (χ2n) is 6.40. The minimum atomic E-state index is -0.947. The lowest BCUT2D eigenvalue weighted by Gasteiger charge is -2.15. The highest BCUT2D eigenvalue weighted by Gasteiger charge is 2.20. The van der Waals surface area contributed by atoms with E-state index in [0.29, 0.717) is 11.3 Å². The van der Waals surface area contributed by atoms with Crippen LogP contribution in [-0.4, -0.2) is 23.7 Å². The maximum atomic E-state index is 12.9. The third-order valence-corrected chi connectivity index (χ3v) is 4.25. The van der Waals surface area contributed by atoms with Crippen LogP contribution in [0.15, 0.2) is 78.9 Å². The van der Waals surface area contributed by atoms with Gasteiger partial charge in [0.25, 0.3) is 11.8 Å². The highest BCUT2D eigenvalue weighted by Crippen LogP contribution is 2.15. The van der Waals surface area contributed by atoms with Crippen molar-refractivity contribution in [2.75, 3.05) is 0 Å². The summed E-state index contributed by atoms with van der Waals surface area (Å²) in [4.78, 5) is 37.5. The van der Waals surface area contributed by atoms with Crippen LogP contribution in [0.4, 0.5) is 4.39 Å². The molecule has 7 heteroatoms. The molecule has 0 aliphatic rings. The van der Waals surface area contributed by atoms with Crippen LogP contribution in [0.3, 0.4) is 0 Å². The van der Waals surface area contributed by atoms with E-state index in [2.05, 4.69) is 10.9 Å². The van der Waals surface area contributed by atoms with Crippen LogP contribution < -0.4 is 15.6 Å². The van der Waals surface area contributed by atoms with Crippen molar-refractivity contribution in [3.05, 3.63) is 101 Å². The predicted molar refractivity (Wildman–Crippen MR) is 108 cm³/mol. The number of ketones is 1. The zero-order valence-electron chi connectivity index (χ0n) is 16.1. The Labute approximate surface area is 172 Å². The largest absolute Gasteiger partial charge is 0.481 e. The fraction of sp³-hybridized carbons (Fsp3) is 0.0870. The van der Waals surface area contributed by atoms with E-state index in [-0.39, 0.29) is 16.9 Å². The topological polar surface area (TPSA) is 84.5 Å². The van der Waals surface area contributed by atoms with Crippen molar-refractivity contribution in [3.63, 3.8) is 0 Å². The molecule has 152 valence electrons. The first-order valence-corrected chi connectivity index (χ1v) is 9.17. The number of rotatable bonds is 6. The van der Waals surface area contributed by atoms with Crippen molar-refractivity contribution in [1.29, 1.82) is 0 Å². The molecule has 2 N–H and O–H groups in total. The minimum absolute atomic E-state index is 0.124. The van der Waals surface area contributed by atoms with E-state index in [1.807, 2.05) is 0 Å². The van der Waals surface area contributed by atoms with E-state index in [9.17, 15) is 18.8 Å². The van der Waals surface area contributed by atoms with Gasteiger partial charge in [0.1, 0.15) is 11.6 Å². The van der Waals surface area contributed by atoms with Gasteiger partial charge in [0, 0.05) is 11.1 Å². The average Bonchev–Trinajstić information content (AvgIpc) is 2.78. The number of carbonyl (C=O) groups excluding carboxylic acids is 3. The Bertz CT molecular complexity index is 1050. The number of ether oxygens (including phenoxy) is 1. The molecule has 3 rings (SSSR count). The number of halogens is 1. The number of carbonyl (C=O) groups is 3. The summed E-state index contributed by atoms with van der Waals surface area (Å²) in [6, 6.07) is 20.1. The lowest BCUT2D eigenvalue weighted by atomic mass is 9.98. The second-order valence-corrected chi connectivity index (χ2v) is 6.40. The van der Waals surface area contributed by atoms with Crippen LogP contribution in [0.2, 0.25) is 0 Å². The number of nitrogens with one attached hydrogen (secondary N) is 2. The van der Waals surface area contributed by atoms with Crippen LogP contribution in [0.1, 0.15) is 33.2 Å². The van der Waals surface area contributed by atoms with Crippen LogP contribution >= 0.6 is 0 Å². The predicted octanol–water partition coefficient (Wildman–Crippen LogP) is 3.29. The Hall–Kier alpha value is -4.00. The summed E-state index contributed by atoms with van der Waals surface area (Å²) in [7, 11) is 0. The molecule has 0 unspecified atom stereocenters. The Morgan fingerprint density at radius 2 is 1.40 bits per heavy atom. The molecule has 3 aromatic carbocycles. The zero-order valence-corrected chi connectivity index (χ0v) is 16.1. The first-order valence-electron chi connectivity index (χ1n) is 9.17. The first kappa shape index (κ1) is 20.7. The first-order chi connectivity index (χ1) is 14.5. The molecule has 0 heterocycles. The number of amides is 2. The molecule has 6 nitrogen and oxygen atoms in total. The van der Waals surface area contributed by atoms with Crippen LogP contribution in [0.25, 0.3) is 0 Å². The van der Waals surface area contributed by atoms with Gasteiger partial charge in [-0.2, -0.15) is 0 Å². The molecule has 30 heavy (non-hydrogen) atoms. The van der Waals surface area contributed by atoms with Gasteiger partial charge in [-0.15, -0.1) is 0 Å². The quantitative estimate of drug-likeness (QED) is 0.486. The fourth-order valence-electron chi connectivity index (χ4n) is 2.68. The Morgan fingerprint density at radius 1 is 0.800 bits per heavy atom. The van der Waals surface area contributed by atoms with Crippen molar-refractivity contribution < 1.29 is 23.5 Å². The molecule has 0 aliphatic carbocycles. The molecular weight excluding hydrogens is 387 g/mol. The lowest BCUT2D eigenvalue weighted by Crippen LogP contribution is -2.47. The molecule has 3 aromatic rings. The van der Waals surface area contributed by atoms with Crippen molar-refractivity contribution in [2.45, 2.75) is 13.0 Å². The summed E-state index contributed by atoms with van der Waals surface area (Å²) in [5, 5.41) is 0. The number of hydrogen-bond donors (Lipinski definition) is 2. The molecule has 0 spiro atoms. The van der Waals surface area contributed by atoms with Gasteiger partial charge in [-0.25, -0.2) is 4.39 Å². The summed E-state index contributed by atoms with van der Waals surface area (Å²) in [6.07, 6.45) is -0.947. The highest BCUT2D eigenvalue weighted by molar-refractivity contribution is 6.15. The Kier molecular flexibility index (Phi) is 6.54. The smallest absolute Gasteiger partial charge is 0.279 e. The van der Waals surface area contributed by atoms with Crippen LogP contribution in [0, 0.1) is 5.82 Å². The average molecular weight is 406 g/mol. The van der Waals surface area contributed by atoms with Crippen molar-refractivity contribution in [2.24, 2.45) is 0 Å². The van der Waals surface area contributed by atoms with Gasteiger partial charge >= 0.3 is 0 Å². The van der Waals surface area contributed by atoms with Gasteiger partial charge < -0.3 is 4.74 Å². The molecule has 1 atom stereocenters. The van der Waals surface area contributed by atoms with Crippen molar-refractivity contribution >= 4 is 17.6 Å². The molecule has 2 amide bonds. The molecule has 0 bridgehead atoms. The van der Waals surface area contributed by atoms with Gasteiger partial charge in [0.2, 0.25) is 0 Å². The van der Waals surface area contributed by atoms with Gasteiger partial charge in [0.15, 0.2) is 11.9 Å². The third kappa shape index (κ3) is 5.08. The highest BCUT2D eigenvalue weighted by atomic mass is 19.1. The molecule has 0 saturated heterocycles. The zero-order chi connectivity index (χ0) is 21.5. The maximum absolute atomic E-state index is 12.9. The standard InChI is InChI=1S/C23H19FN2O4/c1-15(30-18-13-11-17(24)12-14-18)22(28)25-26-23(29)20-10-6-5-9-19(20)21(27)16-7-3-2-4-8-16/h2-15H,1H3,(H,25,28)(H,26,29)/t15-/m1/s1. The van der Waals surface area contributed by atoms with E-state index in [0.717, 1.165) is 0 Å². The van der Waals surface area contributed by atoms with Crippen LogP contribution in [-0.2, 0) is 4.79 Å². The monoisotopic (exact) mass is 406 g/mol. The molecule has 0 fully saturated rings. The molecule has 0 radical (unpaired) electrons. The van der Waals surface area contributed by atoms with E-state index in [1.54, 1.807) is 48.5 Å². The van der Waals surface area contributed by atoms with E-state index in [4.69, 9.17) is 4.74 Å². The Balaban J connectivity index is 1.64.